The molecule has 1 heterocycles. The first-order valence-corrected chi connectivity index (χ1v) is 11.8. The molecule has 0 spiro atoms. The fourth-order valence-corrected chi connectivity index (χ4v) is 4.14. The molecule has 2 aromatic carbocycles. The van der Waals surface area contributed by atoms with E-state index in [0.717, 1.165) is 16.8 Å². The van der Waals surface area contributed by atoms with Crippen LogP contribution in [0.15, 0.2) is 60.3 Å². The van der Waals surface area contributed by atoms with E-state index < -0.39 is 6.04 Å². The summed E-state index contributed by atoms with van der Waals surface area (Å²) in [5.41, 5.74) is 3.46. The quantitative estimate of drug-likeness (QED) is 0.332. The average Bonchev–Trinajstić information content (AvgIpc) is 3.22. The number of nitrogens with zero attached hydrogens (tertiary/aromatic N) is 3. The molecule has 3 rings (SSSR count). The number of carbonyl (C=O) groups excluding carboxylic acids is 2. The Morgan fingerprint density at radius 1 is 1.18 bits per heavy atom. The maximum absolute atomic E-state index is 12.7. The Hall–Kier alpha value is -3.59. The Morgan fingerprint density at radius 3 is 2.56 bits per heavy atom. The summed E-state index contributed by atoms with van der Waals surface area (Å²) in [6.07, 6.45) is 1.73. The molecule has 0 saturated heterocycles. The minimum Gasteiger partial charge on any atom is -0.497 e. The molecule has 1 atom stereocenters. The second-order valence-corrected chi connectivity index (χ2v) is 8.76. The summed E-state index contributed by atoms with van der Waals surface area (Å²) < 4.78 is 6.98. The van der Waals surface area contributed by atoms with Crippen molar-refractivity contribution in [3.63, 3.8) is 0 Å². The van der Waals surface area contributed by atoms with Crippen LogP contribution in [0.3, 0.4) is 0 Å². The van der Waals surface area contributed by atoms with Gasteiger partial charge in [0, 0.05) is 17.8 Å². The van der Waals surface area contributed by atoms with Gasteiger partial charge in [-0.15, -0.1) is 16.8 Å². The second-order valence-electron chi connectivity index (χ2n) is 7.82. The van der Waals surface area contributed by atoms with E-state index in [1.165, 1.54) is 11.8 Å². The number of methoxy groups -OCH3 is 1. The Kier molecular flexibility index (Phi) is 8.48. The van der Waals surface area contributed by atoms with Crippen LogP contribution in [-0.2, 0) is 11.3 Å². The van der Waals surface area contributed by atoms with Gasteiger partial charge >= 0.3 is 0 Å². The number of ether oxygens (including phenoxy) is 1. The van der Waals surface area contributed by atoms with Gasteiger partial charge in [-0.1, -0.05) is 35.5 Å². The van der Waals surface area contributed by atoms with E-state index in [-0.39, 0.29) is 17.6 Å². The van der Waals surface area contributed by atoms with Gasteiger partial charge in [-0.2, -0.15) is 0 Å². The molecule has 0 aliphatic carbocycles. The first kappa shape index (κ1) is 25.0. The molecule has 9 heteroatoms. The minimum absolute atomic E-state index is 0.132. The third-order valence-corrected chi connectivity index (χ3v) is 6.10. The number of aryl methyl sites for hydroxylation is 2. The maximum atomic E-state index is 12.7. The van der Waals surface area contributed by atoms with Crippen molar-refractivity contribution < 1.29 is 14.3 Å². The molecular formula is C25H29N5O3S. The van der Waals surface area contributed by atoms with Crippen LogP contribution in [-0.4, -0.2) is 39.4 Å². The van der Waals surface area contributed by atoms with Crippen LogP contribution in [0.5, 0.6) is 5.75 Å². The van der Waals surface area contributed by atoms with Gasteiger partial charge in [-0.3, -0.25) is 9.59 Å². The zero-order valence-corrected chi connectivity index (χ0v) is 20.6. The van der Waals surface area contributed by atoms with E-state index in [9.17, 15) is 9.59 Å². The Bertz CT molecular complexity index is 1170. The fraction of sp³-hybridized carbons (Fsp3) is 0.280. The van der Waals surface area contributed by atoms with Crippen LogP contribution in [0.25, 0.3) is 0 Å². The number of hydrogen-bond donors (Lipinski definition) is 2. The van der Waals surface area contributed by atoms with Crippen molar-refractivity contribution in [2.24, 2.45) is 0 Å². The van der Waals surface area contributed by atoms with Crippen molar-refractivity contribution in [3.8, 4) is 5.75 Å². The molecule has 8 nitrogen and oxygen atoms in total. The number of benzene rings is 2. The monoisotopic (exact) mass is 479 g/mol. The number of carbonyl (C=O) groups is 2. The van der Waals surface area contributed by atoms with Crippen LogP contribution < -0.4 is 15.4 Å². The number of aromatic nitrogens is 3. The van der Waals surface area contributed by atoms with Crippen molar-refractivity contribution in [1.29, 1.82) is 0 Å². The van der Waals surface area contributed by atoms with E-state index in [0.29, 0.717) is 28.8 Å². The summed E-state index contributed by atoms with van der Waals surface area (Å²) in [6, 6.07) is 12.4. The zero-order chi connectivity index (χ0) is 24.7. The van der Waals surface area contributed by atoms with E-state index >= 15 is 0 Å². The lowest BCUT2D eigenvalue weighted by atomic mass is 10.1. The summed E-state index contributed by atoms with van der Waals surface area (Å²) in [7, 11) is 1.58. The highest BCUT2D eigenvalue weighted by Crippen LogP contribution is 2.22. The molecule has 2 amide bonds. The molecule has 0 aliphatic heterocycles. The van der Waals surface area contributed by atoms with Crippen LogP contribution in [0, 0.1) is 13.8 Å². The van der Waals surface area contributed by atoms with Gasteiger partial charge in [0.1, 0.15) is 5.75 Å². The van der Waals surface area contributed by atoms with E-state index in [4.69, 9.17) is 4.74 Å². The highest BCUT2D eigenvalue weighted by Gasteiger charge is 2.20. The van der Waals surface area contributed by atoms with Gasteiger partial charge in [0.2, 0.25) is 5.91 Å². The zero-order valence-electron chi connectivity index (χ0n) is 19.8. The molecule has 1 aromatic heterocycles. The van der Waals surface area contributed by atoms with Crippen molar-refractivity contribution in [3.05, 3.63) is 77.6 Å². The lowest BCUT2D eigenvalue weighted by Crippen LogP contribution is -2.28. The van der Waals surface area contributed by atoms with Gasteiger partial charge in [0.05, 0.1) is 18.9 Å². The van der Waals surface area contributed by atoms with Crippen LogP contribution in [0.2, 0.25) is 0 Å². The largest absolute Gasteiger partial charge is 0.497 e. The molecule has 0 aliphatic rings. The number of amides is 2. The average molecular weight is 480 g/mol. The number of nitrogens with one attached hydrogen (secondary N) is 2. The van der Waals surface area contributed by atoms with Crippen molar-refractivity contribution in [1.82, 2.24) is 20.1 Å². The molecule has 0 unspecified atom stereocenters. The summed E-state index contributed by atoms with van der Waals surface area (Å²) in [5, 5.41) is 15.0. The first-order valence-electron chi connectivity index (χ1n) is 10.8. The third kappa shape index (κ3) is 6.26. The summed E-state index contributed by atoms with van der Waals surface area (Å²) in [6.45, 7) is 10.1. The van der Waals surface area contributed by atoms with Crippen LogP contribution in [0.1, 0.15) is 40.3 Å². The Morgan fingerprint density at radius 2 is 1.91 bits per heavy atom. The number of thioether (sulfide) groups is 1. The topological polar surface area (TPSA) is 98.1 Å². The summed E-state index contributed by atoms with van der Waals surface area (Å²) in [4.78, 5) is 25.2. The Balaban J connectivity index is 1.66. The third-order valence-electron chi connectivity index (χ3n) is 5.13. The number of hydrogen-bond acceptors (Lipinski definition) is 6. The normalized spacial score (nSPS) is 11.5. The van der Waals surface area contributed by atoms with Crippen LogP contribution in [0.4, 0.5) is 5.69 Å². The number of rotatable bonds is 10. The molecule has 3 aromatic rings. The predicted octanol–water partition coefficient (Wildman–Crippen LogP) is 4.31. The molecule has 0 fully saturated rings. The minimum atomic E-state index is -0.402. The van der Waals surface area contributed by atoms with E-state index in [2.05, 4.69) is 27.4 Å². The van der Waals surface area contributed by atoms with Crippen molar-refractivity contribution >= 4 is 29.3 Å². The lowest BCUT2D eigenvalue weighted by Gasteiger charge is -2.15. The van der Waals surface area contributed by atoms with Gasteiger partial charge in [0.15, 0.2) is 11.0 Å². The van der Waals surface area contributed by atoms with E-state index in [1.807, 2.05) is 43.5 Å². The maximum Gasteiger partial charge on any atom is 0.251 e. The van der Waals surface area contributed by atoms with Crippen molar-refractivity contribution in [2.45, 2.75) is 38.5 Å². The number of allylic oxidation sites excluding steroid dienone is 1. The van der Waals surface area contributed by atoms with Crippen LogP contribution >= 0.6 is 11.8 Å². The standard InChI is InChI=1S/C25H29N5O3S/c1-6-13-30-23(18(4)26-24(32)19-8-10-20(33-5)11-9-19)28-29-25(30)34-15-22(31)27-21-12-7-16(2)14-17(21)3/h6-12,14,18H,1,13,15H2,2-5H3,(H,26,32)(H,27,31)/t18-/m1/s1. The fourth-order valence-electron chi connectivity index (χ4n) is 3.38. The summed E-state index contributed by atoms with van der Waals surface area (Å²) >= 11 is 1.28. The van der Waals surface area contributed by atoms with Gasteiger partial charge < -0.3 is 19.9 Å². The lowest BCUT2D eigenvalue weighted by molar-refractivity contribution is -0.113. The molecule has 34 heavy (non-hydrogen) atoms. The van der Waals surface area contributed by atoms with Gasteiger partial charge in [0.25, 0.3) is 5.91 Å². The second kappa shape index (κ2) is 11.5. The molecular weight excluding hydrogens is 450 g/mol. The molecule has 0 bridgehead atoms. The molecule has 0 saturated carbocycles. The first-order chi connectivity index (χ1) is 16.3. The van der Waals surface area contributed by atoms with E-state index in [1.54, 1.807) is 37.5 Å². The molecule has 0 radical (unpaired) electrons. The smallest absolute Gasteiger partial charge is 0.251 e. The highest BCUT2D eigenvalue weighted by atomic mass is 32.2. The number of anilines is 1. The predicted molar refractivity (Wildman–Crippen MR) is 134 cm³/mol. The van der Waals surface area contributed by atoms with Gasteiger partial charge in [-0.25, -0.2) is 0 Å². The van der Waals surface area contributed by atoms with Crippen molar-refractivity contribution in [2.75, 3.05) is 18.2 Å². The highest BCUT2D eigenvalue weighted by molar-refractivity contribution is 7.99. The SMILES string of the molecule is C=CCn1c(SCC(=O)Nc2ccc(C)cc2C)nnc1[C@@H](C)NC(=O)c1ccc(OC)cc1. The molecule has 2 N–H and O–H groups in total. The Labute approximate surface area is 203 Å². The van der Waals surface area contributed by atoms with Gasteiger partial charge in [-0.05, 0) is 56.7 Å². The summed E-state index contributed by atoms with van der Waals surface area (Å²) in [5.74, 6) is 1.07. The molecule has 178 valence electrons.